The molecule has 0 spiro atoms. The van der Waals surface area contributed by atoms with Gasteiger partial charge in [-0.05, 0) is 36.0 Å². The molecule has 0 radical (unpaired) electrons. The lowest BCUT2D eigenvalue weighted by atomic mass is 9.86. The molecule has 0 aliphatic carbocycles. The summed E-state index contributed by atoms with van der Waals surface area (Å²) in [4.78, 5) is 0. The van der Waals surface area contributed by atoms with Crippen molar-refractivity contribution in [2.75, 3.05) is 0 Å². The molecule has 1 unspecified atom stereocenters. The molecule has 2 nitrogen and oxygen atoms in total. The number of aromatic hydroxyl groups is 1. The molecule has 0 aromatic heterocycles. The number of aliphatic hydroxyl groups is 1. The Morgan fingerprint density at radius 1 is 1.31 bits per heavy atom. The first kappa shape index (κ1) is 13.3. The van der Waals surface area contributed by atoms with Crippen molar-refractivity contribution in [3.05, 3.63) is 28.8 Å². The minimum Gasteiger partial charge on any atom is -0.506 e. The monoisotopic (exact) mass is 242 g/mol. The Bertz CT molecular complexity index is 355. The van der Waals surface area contributed by atoms with Crippen LogP contribution in [0.3, 0.4) is 0 Å². The summed E-state index contributed by atoms with van der Waals surface area (Å²) >= 11 is 5.81. The summed E-state index contributed by atoms with van der Waals surface area (Å²) in [7, 11) is 0. The largest absolute Gasteiger partial charge is 0.506 e. The van der Waals surface area contributed by atoms with E-state index in [9.17, 15) is 10.2 Å². The summed E-state index contributed by atoms with van der Waals surface area (Å²) in [5, 5.41) is 19.5. The number of benzene rings is 1. The average Bonchev–Trinajstić information content (AvgIpc) is 2.18. The fourth-order valence-corrected chi connectivity index (χ4v) is 1.65. The van der Waals surface area contributed by atoms with Gasteiger partial charge in [0.1, 0.15) is 5.75 Å². The van der Waals surface area contributed by atoms with Crippen molar-refractivity contribution >= 4 is 11.6 Å². The topological polar surface area (TPSA) is 40.5 Å². The molecule has 0 fully saturated rings. The minimum atomic E-state index is -0.333. The van der Waals surface area contributed by atoms with Gasteiger partial charge in [-0.1, -0.05) is 38.4 Å². The van der Waals surface area contributed by atoms with Crippen molar-refractivity contribution in [3.63, 3.8) is 0 Å². The number of aryl methyl sites for hydroxylation is 1. The van der Waals surface area contributed by atoms with Gasteiger partial charge < -0.3 is 10.2 Å². The summed E-state index contributed by atoms with van der Waals surface area (Å²) in [6, 6.07) is 5.16. The van der Waals surface area contributed by atoms with E-state index >= 15 is 0 Å². The SMILES string of the molecule is CC(C)(C)C(O)CCc1ccc(O)c(Cl)c1. The van der Waals surface area contributed by atoms with Crippen LogP contribution in [0, 0.1) is 5.41 Å². The molecule has 3 heteroatoms. The Labute approximate surface area is 102 Å². The number of hydrogen-bond acceptors (Lipinski definition) is 2. The van der Waals surface area contributed by atoms with Crippen LogP contribution in [0.25, 0.3) is 0 Å². The van der Waals surface area contributed by atoms with Gasteiger partial charge in [-0.15, -0.1) is 0 Å². The predicted octanol–water partition coefficient (Wildman–Crippen LogP) is 3.39. The number of rotatable bonds is 3. The first-order chi connectivity index (χ1) is 7.30. The lowest BCUT2D eigenvalue weighted by Gasteiger charge is -2.25. The van der Waals surface area contributed by atoms with E-state index in [0.717, 1.165) is 12.0 Å². The molecule has 0 amide bonds. The average molecular weight is 243 g/mol. The van der Waals surface area contributed by atoms with Crippen LogP contribution in [0.4, 0.5) is 0 Å². The Balaban J connectivity index is 2.58. The van der Waals surface area contributed by atoms with Gasteiger partial charge in [0.25, 0.3) is 0 Å². The predicted molar refractivity (Wildman–Crippen MR) is 66.9 cm³/mol. The molecule has 1 atom stereocenters. The maximum absolute atomic E-state index is 9.89. The lowest BCUT2D eigenvalue weighted by Crippen LogP contribution is -2.26. The van der Waals surface area contributed by atoms with E-state index in [0.29, 0.717) is 11.4 Å². The highest BCUT2D eigenvalue weighted by atomic mass is 35.5. The number of aliphatic hydroxyl groups excluding tert-OH is 1. The molecular weight excluding hydrogens is 224 g/mol. The highest BCUT2D eigenvalue weighted by molar-refractivity contribution is 6.32. The van der Waals surface area contributed by atoms with E-state index < -0.39 is 0 Å². The van der Waals surface area contributed by atoms with E-state index in [1.54, 1.807) is 12.1 Å². The third-order valence-corrected chi connectivity index (χ3v) is 3.02. The van der Waals surface area contributed by atoms with E-state index in [1.165, 1.54) is 0 Å². The second kappa shape index (κ2) is 5.07. The van der Waals surface area contributed by atoms with Crippen LogP contribution in [0.1, 0.15) is 32.8 Å². The second-order valence-corrected chi connectivity index (χ2v) is 5.61. The minimum absolute atomic E-state index is 0.0965. The number of phenols is 1. The summed E-state index contributed by atoms with van der Waals surface area (Å²) in [5.41, 5.74) is 0.937. The molecule has 90 valence electrons. The zero-order chi connectivity index (χ0) is 12.3. The molecular formula is C13H19ClO2. The van der Waals surface area contributed by atoms with Crippen LogP contribution in [0.2, 0.25) is 5.02 Å². The fourth-order valence-electron chi connectivity index (χ4n) is 1.44. The molecule has 1 aromatic rings. The first-order valence-electron chi connectivity index (χ1n) is 5.46. The smallest absolute Gasteiger partial charge is 0.134 e. The lowest BCUT2D eigenvalue weighted by molar-refractivity contribution is 0.0560. The van der Waals surface area contributed by atoms with Gasteiger partial charge in [-0.2, -0.15) is 0 Å². The zero-order valence-corrected chi connectivity index (χ0v) is 10.8. The van der Waals surface area contributed by atoms with Crippen molar-refractivity contribution < 1.29 is 10.2 Å². The normalized spacial score (nSPS) is 13.8. The maximum atomic E-state index is 9.89. The van der Waals surface area contributed by atoms with Crippen LogP contribution in [0.15, 0.2) is 18.2 Å². The fraction of sp³-hybridized carbons (Fsp3) is 0.538. The third kappa shape index (κ3) is 3.69. The Hall–Kier alpha value is -0.730. The van der Waals surface area contributed by atoms with Gasteiger partial charge in [0.2, 0.25) is 0 Å². The number of phenolic OH excluding ortho intramolecular Hbond substituents is 1. The molecule has 0 saturated heterocycles. The first-order valence-corrected chi connectivity index (χ1v) is 5.84. The highest BCUT2D eigenvalue weighted by Gasteiger charge is 2.21. The molecule has 0 saturated carbocycles. The Morgan fingerprint density at radius 2 is 1.94 bits per heavy atom. The standard InChI is InChI=1S/C13H19ClO2/c1-13(2,3)12(16)7-5-9-4-6-11(15)10(14)8-9/h4,6,8,12,15-16H,5,7H2,1-3H3. The molecule has 1 aromatic carbocycles. The van der Waals surface area contributed by atoms with Gasteiger partial charge in [-0.25, -0.2) is 0 Å². The molecule has 16 heavy (non-hydrogen) atoms. The molecule has 0 bridgehead atoms. The van der Waals surface area contributed by atoms with Crippen molar-refractivity contribution in [1.29, 1.82) is 0 Å². The van der Waals surface area contributed by atoms with Crippen LogP contribution in [-0.2, 0) is 6.42 Å². The summed E-state index contributed by atoms with van der Waals surface area (Å²) in [5.74, 6) is 0.0989. The van der Waals surface area contributed by atoms with Crippen LogP contribution >= 0.6 is 11.6 Å². The van der Waals surface area contributed by atoms with E-state index in [4.69, 9.17) is 11.6 Å². The van der Waals surface area contributed by atoms with Crippen molar-refractivity contribution in [2.24, 2.45) is 5.41 Å². The van der Waals surface area contributed by atoms with Gasteiger partial charge in [-0.3, -0.25) is 0 Å². The van der Waals surface area contributed by atoms with Crippen molar-refractivity contribution in [3.8, 4) is 5.75 Å². The molecule has 0 heterocycles. The van der Waals surface area contributed by atoms with Crippen molar-refractivity contribution in [1.82, 2.24) is 0 Å². The molecule has 0 aliphatic heterocycles. The second-order valence-electron chi connectivity index (χ2n) is 5.21. The summed E-state index contributed by atoms with van der Waals surface area (Å²) < 4.78 is 0. The van der Waals surface area contributed by atoms with Crippen molar-refractivity contribution in [2.45, 2.75) is 39.7 Å². The van der Waals surface area contributed by atoms with E-state index in [2.05, 4.69) is 0 Å². The Morgan fingerprint density at radius 3 is 2.44 bits per heavy atom. The number of halogens is 1. The Kier molecular flexibility index (Phi) is 4.22. The maximum Gasteiger partial charge on any atom is 0.134 e. The van der Waals surface area contributed by atoms with E-state index in [1.807, 2.05) is 26.8 Å². The van der Waals surface area contributed by atoms with Crippen LogP contribution in [-0.4, -0.2) is 16.3 Å². The highest BCUT2D eigenvalue weighted by Crippen LogP contribution is 2.26. The van der Waals surface area contributed by atoms with Gasteiger partial charge >= 0.3 is 0 Å². The van der Waals surface area contributed by atoms with Gasteiger partial charge in [0, 0.05) is 0 Å². The van der Waals surface area contributed by atoms with E-state index in [-0.39, 0.29) is 17.3 Å². The number of hydrogen-bond donors (Lipinski definition) is 2. The van der Waals surface area contributed by atoms with Gasteiger partial charge in [0.15, 0.2) is 0 Å². The molecule has 2 N–H and O–H groups in total. The molecule has 0 aliphatic rings. The van der Waals surface area contributed by atoms with Gasteiger partial charge in [0.05, 0.1) is 11.1 Å². The van der Waals surface area contributed by atoms with Crippen LogP contribution < -0.4 is 0 Å². The van der Waals surface area contributed by atoms with Crippen LogP contribution in [0.5, 0.6) is 5.75 Å². The third-order valence-electron chi connectivity index (χ3n) is 2.72. The molecule has 1 rings (SSSR count). The summed E-state index contributed by atoms with van der Waals surface area (Å²) in [6.45, 7) is 6.05. The summed E-state index contributed by atoms with van der Waals surface area (Å²) in [6.07, 6.45) is 1.13. The quantitative estimate of drug-likeness (QED) is 0.853. The zero-order valence-electron chi connectivity index (χ0n) is 10.00.